The minimum atomic E-state index is -0.327. The van der Waals surface area contributed by atoms with Gasteiger partial charge in [-0.15, -0.1) is 0 Å². The van der Waals surface area contributed by atoms with Crippen LogP contribution in [0.5, 0.6) is 0 Å². The lowest BCUT2D eigenvalue weighted by Crippen LogP contribution is -2.29. The highest BCUT2D eigenvalue weighted by Crippen LogP contribution is 2.17. The van der Waals surface area contributed by atoms with Gasteiger partial charge in [0.2, 0.25) is 5.91 Å². The average molecular weight is 279 g/mol. The van der Waals surface area contributed by atoms with E-state index in [-0.39, 0.29) is 30.9 Å². The van der Waals surface area contributed by atoms with Crippen molar-refractivity contribution in [3.05, 3.63) is 29.8 Å². The van der Waals surface area contributed by atoms with Gasteiger partial charge in [-0.25, -0.2) is 0 Å². The molecule has 1 atom stereocenters. The molecule has 2 amide bonds. The molecule has 6 nitrogen and oxygen atoms in total. The first-order valence-corrected chi connectivity index (χ1v) is 6.33. The van der Waals surface area contributed by atoms with Crippen molar-refractivity contribution in [3.63, 3.8) is 0 Å². The third-order valence-electron chi connectivity index (χ3n) is 2.85. The van der Waals surface area contributed by atoms with Gasteiger partial charge in [-0.3, -0.25) is 9.59 Å². The first-order valence-electron chi connectivity index (χ1n) is 6.33. The maximum atomic E-state index is 12.0. The summed E-state index contributed by atoms with van der Waals surface area (Å²) in [5, 5.41) is 2.72. The number of benzene rings is 1. The van der Waals surface area contributed by atoms with Crippen LogP contribution in [0.2, 0.25) is 0 Å². The first-order chi connectivity index (χ1) is 9.49. The Morgan fingerprint density at radius 2 is 2.00 bits per heavy atom. The van der Waals surface area contributed by atoms with E-state index in [4.69, 9.17) is 10.5 Å². The maximum Gasteiger partial charge on any atom is 0.255 e. The largest absolute Gasteiger partial charge is 0.380 e. The molecule has 0 bridgehead atoms. The first kappa shape index (κ1) is 16.1. The quantitative estimate of drug-likeness (QED) is 0.802. The molecular formula is C14H21N3O3. The van der Waals surface area contributed by atoms with Gasteiger partial charge in [-0.05, 0) is 12.1 Å². The van der Waals surface area contributed by atoms with Gasteiger partial charge in [0, 0.05) is 27.7 Å². The van der Waals surface area contributed by atoms with Crippen molar-refractivity contribution in [1.82, 2.24) is 4.90 Å². The number of para-hydroxylation sites is 1. The molecule has 0 fully saturated rings. The third kappa shape index (κ3) is 4.32. The smallest absolute Gasteiger partial charge is 0.255 e. The summed E-state index contributed by atoms with van der Waals surface area (Å²) in [6.07, 6.45) is -0.177. The Morgan fingerprint density at radius 1 is 1.35 bits per heavy atom. The van der Waals surface area contributed by atoms with Gasteiger partial charge in [0.25, 0.3) is 5.91 Å². The predicted octanol–water partition coefficient (Wildman–Crippen LogP) is 0.691. The summed E-state index contributed by atoms with van der Waals surface area (Å²) in [7, 11) is 4.83. The van der Waals surface area contributed by atoms with Crippen LogP contribution in [-0.2, 0) is 9.53 Å². The van der Waals surface area contributed by atoms with Gasteiger partial charge < -0.3 is 20.7 Å². The zero-order chi connectivity index (χ0) is 15.1. The molecule has 0 saturated heterocycles. The van der Waals surface area contributed by atoms with Crippen molar-refractivity contribution in [3.8, 4) is 0 Å². The Labute approximate surface area is 118 Å². The van der Waals surface area contributed by atoms with Crippen LogP contribution in [0.3, 0.4) is 0 Å². The van der Waals surface area contributed by atoms with E-state index in [0.29, 0.717) is 11.3 Å². The predicted molar refractivity (Wildman–Crippen MR) is 77.6 cm³/mol. The maximum absolute atomic E-state index is 12.0. The van der Waals surface area contributed by atoms with Crippen LogP contribution in [0.4, 0.5) is 5.69 Å². The molecule has 1 aromatic carbocycles. The molecular weight excluding hydrogens is 258 g/mol. The fraction of sp³-hybridized carbons (Fsp3) is 0.429. The SMILES string of the molecule is COC(CN)CC(=O)Nc1ccccc1C(=O)N(C)C. The third-order valence-corrected chi connectivity index (χ3v) is 2.85. The van der Waals surface area contributed by atoms with Crippen LogP contribution in [0.1, 0.15) is 16.8 Å². The van der Waals surface area contributed by atoms with E-state index in [1.165, 1.54) is 12.0 Å². The van der Waals surface area contributed by atoms with Gasteiger partial charge in [0.1, 0.15) is 0 Å². The number of carbonyl (C=O) groups is 2. The molecule has 0 spiro atoms. The number of hydrogen-bond acceptors (Lipinski definition) is 4. The topological polar surface area (TPSA) is 84.7 Å². The number of nitrogens with zero attached hydrogens (tertiary/aromatic N) is 1. The molecule has 1 rings (SSSR count). The molecule has 110 valence electrons. The molecule has 6 heteroatoms. The summed E-state index contributed by atoms with van der Waals surface area (Å²) in [5.74, 6) is -0.399. The standard InChI is InChI=1S/C14H21N3O3/c1-17(2)14(19)11-6-4-5-7-12(11)16-13(18)8-10(9-15)20-3/h4-7,10H,8-9,15H2,1-3H3,(H,16,18). The van der Waals surface area contributed by atoms with Crippen LogP contribution in [0, 0.1) is 0 Å². The fourth-order valence-corrected chi connectivity index (χ4v) is 1.69. The number of nitrogens with two attached hydrogens (primary N) is 1. The highest BCUT2D eigenvalue weighted by molar-refractivity contribution is 6.03. The summed E-state index contributed by atoms with van der Waals surface area (Å²) in [4.78, 5) is 25.4. The van der Waals surface area contributed by atoms with Gasteiger partial charge in [0.05, 0.1) is 23.8 Å². The minimum absolute atomic E-state index is 0.150. The molecule has 0 aliphatic heterocycles. The number of carbonyl (C=O) groups excluding carboxylic acids is 2. The van der Waals surface area contributed by atoms with E-state index in [1.807, 2.05) is 0 Å². The van der Waals surface area contributed by atoms with Gasteiger partial charge in [-0.2, -0.15) is 0 Å². The molecule has 1 unspecified atom stereocenters. The van der Waals surface area contributed by atoms with E-state index >= 15 is 0 Å². The van der Waals surface area contributed by atoms with Crippen LogP contribution < -0.4 is 11.1 Å². The van der Waals surface area contributed by atoms with E-state index in [1.54, 1.807) is 38.4 Å². The molecule has 0 aliphatic carbocycles. The highest BCUT2D eigenvalue weighted by Gasteiger charge is 2.16. The van der Waals surface area contributed by atoms with E-state index in [9.17, 15) is 9.59 Å². The Bertz CT molecular complexity index is 470. The molecule has 1 aromatic rings. The molecule has 0 aromatic heterocycles. The monoisotopic (exact) mass is 279 g/mol. The average Bonchev–Trinajstić information content (AvgIpc) is 2.44. The zero-order valence-electron chi connectivity index (χ0n) is 12.1. The number of ether oxygens (including phenoxy) is 1. The van der Waals surface area contributed by atoms with Crippen LogP contribution >= 0.6 is 0 Å². The molecule has 0 radical (unpaired) electrons. The van der Waals surface area contributed by atoms with Gasteiger partial charge in [-0.1, -0.05) is 12.1 Å². The van der Waals surface area contributed by atoms with E-state index < -0.39 is 0 Å². The van der Waals surface area contributed by atoms with Crippen molar-refractivity contribution < 1.29 is 14.3 Å². The van der Waals surface area contributed by atoms with Crippen molar-refractivity contribution in [2.24, 2.45) is 5.73 Å². The fourth-order valence-electron chi connectivity index (χ4n) is 1.69. The molecule has 20 heavy (non-hydrogen) atoms. The second kappa shape index (κ2) is 7.62. The van der Waals surface area contributed by atoms with Crippen LogP contribution in [0.15, 0.2) is 24.3 Å². The van der Waals surface area contributed by atoms with Crippen molar-refractivity contribution in [1.29, 1.82) is 0 Å². The highest BCUT2D eigenvalue weighted by atomic mass is 16.5. The lowest BCUT2D eigenvalue weighted by atomic mass is 10.1. The Balaban J connectivity index is 2.82. The number of methoxy groups -OCH3 is 1. The van der Waals surface area contributed by atoms with Gasteiger partial charge >= 0.3 is 0 Å². The van der Waals surface area contributed by atoms with Crippen LogP contribution in [0.25, 0.3) is 0 Å². The van der Waals surface area contributed by atoms with E-state index in [0.717, 1.165) is 0 Å². The lowest BCUT2D eigenvalue weighted by Gasteiger charge is -2.16. The molecule has 0 heterocycles. The summed E-state index contributed by atoms with van der Waals surface area (Å²) >= 11 is 0. The number of rotatable bonds is 6. The van der Waals surface area contributed by atoms with Crippen molar-refractivity contribution >= 4 is 17.5 Å². The molecule has 3 N–H and O–H groups in total. The Hall–Kier alpha value is -1.92. The number of hydrogen-bond donors (Lipinski definition) is 2. The summed E-state index contributed by atoms with van der Waals surface area (Å²) in [5.41, 5.74) is 6.42. The molecule has 0 aliphatic rings. The summed E-state index contributed by atoms with van der Waals surface area (Å²) < 4.78 is 5.06. The summed E-state index contributed by atoms with van der Waals surface area (Å²) in [6.45, 7) is 0.266. The Kier molecular flexibility index (Phi) is 6.14. The number of nitrogens with one attached hydrogen (secondary N) is 1. The number of anilines is 1. The number of amides is 2. The normalized spacial score (nSPS) is 11.8. The van der Waals surface area contributed by atoms with Crippen molar-refractivity contribution in [2.75, 3.05) is 33.1 Å². The zero-order valence-corrected chi connectivity index (χ0v) is 12.1. The minimum Gasteiger partial charge on any atom is -0.380 e. The van der Waals surface area contributed by atoms with Crippen molar-refractivity contribution in [2.45, 2.75) is 12.5 Å². The van der Waals surface area contributed by atoms with Crippen LogP contribution in [-0.4, -0.2) is 50.6 Å². The lowest BCUT2D eigenvalue weighted by molar-refractivity contribution is -0.118. The second-order valence-corrected chi connectivity index (χ2v) is 4.59. The second-order valence-electron chi connectivity index (χ2n) is 4.59. The summed E-state index contributed by atoms with van der Waals surface area (Å²) in [6, 6.07) is 6.89. The Morgan fingerprint density at radius 3 is 2.55 bits per heavy atom. The van der Waals surface area contributed by atoms with Gasteiger partial charge in [0.15, 0.2) is 0 Å². The molecule has 0 saturated carbocycles. The van der Waals surface area contributed by atoms with E-state index in [2.05, 4.69) is 5.32 Å².